The fraction of sp³-hybridized carbons (Fsp3) is 0.643. The van der Waals surface area contributed by atoms with Crippen LogP contribution in [-0.2, 0) is 0 Å². The van der Waals surface area contributed by atoms with Gasteiger partial charge in [0.1, 0.15) is 0 Å². The van der Waals surface area contributed by atoms with E-state index in [1.165, 1.54) is 25.7 Å². The molecular weight excluding hydrogens is 212 g/mol. The summed E-state index contributed by atoms with van der Waals surface area (Å²) in [6, 6.07) is 3.90. The number of rotatable bonds is 6. The van der Waals surface area contributed by atoms with Gasteiger partial charge < -0.3 is 10.1 Å². The van der Waals surface area contributed by atoms with Crippen LogP contribution in [-0.4, -0.2) is 18.1 Å². The number of hydrogen-bond donors (Lipinski definition) is 1. The van der Waals surface area contributed by atoms with Gasteiger partial charge in [0.2, 0.25) is 0 Å². The van der Waals surface area contributed by atoms with Gasteiger partial charge in [0, 0.05) is 12.7 Å². The van der Waals surface area contributed by atoms with Crippen molar-refractivity contribution in [1.29, 1.82) is 0 Å². The van der Waals surface area contributed by atoms with Crippen molar-refractivity contribution in [3.63, 3.8) is 0 Å². The predicted octanol–water partition coefficient (Wildman–Crippen LogP) is 3.08. The molecule has 0 amide bonds. The molecular formula is C14H20N2O. The Kier molecular flexibility index (Phi) is 2.69. The molecule has 3 rings (SSSR count). The minimum Gasteiger partial charge on any atom is -0.490 e. The molecule has 0 unspecified atom stereocenters. The lowest BCUT2D eigenvalue weighted by molar-refractivity contribution is 0.340. The summed E-state index contributed by atoms with van der Waals surface area (Å²) >= 11 is 0. The summed E-state index contributed by atoms with van der Waals surface area (Å²) in [7, 11) is 0. The van der Waals surface area contributed by atoms with Crippen LogP contribution in [0.1, 0.15) is 32.6 Å². The lowest BCUT2D eigenvalue weighted by Gasteiger charge is -2.17. The molecule has 0 radical (unpaired) electrons. The lowest BCUT2D eigenvalue weighted by Crippen LogP contribution is -2.18. The lowest BCUT2D eigenvalue weighted by atomic mass is 10.0. The molecule has 1 heterocycles. The maximum absolute atomic E-state index is 5.57. The van der Waals surface area contributed by atoms with Crippen LogP contribution in [0.25, 0.3) is 0 Å². The summed E-state index contributed by atoms with van der Waals surface area (Å²) in [5.41, 5.74) is 0.598. The summed E-state index contributed by atoms with van der Waals surface area (Å²) < 4.78 is 5.57. The van der Waals surface area contributed by atoms with E-state index in [1.54, 1.807) is 0 Å². The number of hydrogen-bond acceptors (Lipinski definition) is 3. The summed E-state index contributed by atoms with van der Waals surface area (Å²) in [4.78, 5) is 4.37. The molecule has 92 valence electrons. The van der Waals surface area contributed by atoms with Crippen molar-refractivity contribution in [2.24, 2.45) is 11.3 Å². The third kappa shape index (κ3) is 2.24. The zero-order valence-electron chi connectivity index (χ0n) is 10.4. The van der Waals surface area contributed by atoms with Crippen LogP contribution >= 0.6 is 0 Å². The van der Waals surface area contributed by atoms with E-state index in [0.29, 0.717) is 12.0 Å². The van der Waals surface area contributed by atoms with E-state index in [2.05, 4.69) is 10.3 Å². The summed E-state index contributed by atoms with van der Waals surface area (Å²) in [5, 5.41) is 3.49. The molecule has 0 saturated heterocycles. The molecule has 2 aliphatic rings. The molecule has 0 atom stereocenters. The third-order valence-electron chi connectivity index (χ3n) is 4.01. The van der Waals surface area contributed by atoms with Gasteiger partial charge in [-0.3, -0.25) is 0 Å². The monoisotopic (exact) mass is 232 g/mol. The second kappa shape index (κ2) is 4.21. The Hall–Kier alpha value is -1.25. The Labute approximate surface area is 103 Å². The van der Waals surface area contributed by atoms with Crippen molar-refractivity contribution in [1.82, 2.24) is 4.98 Å². The van der Waals surface area contributed by atoms with Gasteiger partial charge in [-0.1, -0.05) is 0 Å². The summed E-state index contributed by atoms with van der Waals surface area (Å²) in [6.45, 7) is 3.76. The Balaban J connectivity index is 1.64. The van der Waals surface area contributed by atoms with Crippen LogP contribution < -0.4 is 10.1 Å². The molecule has 0 bridgehead atoms. The second-order valence-corrected chi connectivity index (χ2v) is 5.27. The highest BCUT2D eigenvalue weighted by Gasteiger charge is 2.53. The molecule has 1 aromatic rings. The minimum atomic E-state index is 0.598. The fourth-order valence-electron chi connectivity index (χ4n) is 2.64. The molecule has 0 spiro atoms. The first-order valence-corrected chi connectivity index (χ1v) is 6.66. The molecule has 2 saturated carbocycles. The number of pyridine rings is 1. The Bertz CT molecular complexity index is 397. The quantitative estimate of drug-likeness (QED) is 0.818. The van der Waals surface area contributed by atoms with Crippen LogP contribution in [0.2, 0.25) is 0 Å². The van der Waals surface area contributed by atoms with Crippen LogP contribution in [0.5, 0.6) is 5.75 Å². The average Bonchev–Trinajstić information content (AvgIpc) is 3.21. The van der Waals surface area contributed by atoms with Crippen LogP contribution in [0.3, 0.4) is 0 Å². The van der Waals surface area contributed by atoms with Gasteiger partial charge in [-0.15, -0.1) is 0 Å². The molecule has 1 N–H and O–H groups in total. The van der Waals surface area contributed by atoms with Crippen molar-refractivity contribution in [2.45, 2.75) is 32.6 Å². The van der Waals surface area contributed by atoms with Crippen molar-refractivity contribution in [3.05, 3.63) is 18.3 Å². The van der Waals surface area contributed by atoms with E-state index < -0.39 is 0 Å². The highest BCUT2D eigenvalue weighted by molar-refractivity contribution is 5.49. The summed E-state index contributed by atoms with van der Waals surface area (Å²) in [5.74, 6) is 2.76. The zero-order valence-corrected chi connectivity index (χ0v) is 10.4. The maximum atomic E-state index is 5.57. The Morgan fingerprint density at radius 1 is 1.47 bits per heavy atom. The van der Waals surface area contributed by atoms with Crippen LogP contribution in [0.15, 0.2) is 18.3 Å². The standard InChI is InChI=1S/C14H20N2O/c1-2-17-12-4-3-9-15-13(12)16-10-14(7-8-14)11-5-6-11/h3-4,9,11H,2,5-8,10H2,1H3,(H,15,16). The van der Waals surface area contributed by atoms with E-state index in [1.807, 2.05) is 25.3 Å². The normalized spacial score (nSPS) is 21.0. The topological polar surface area (TPSA) is 34.1 Å². The molecule has 0 aliphatic heterocycles. The van der Waals surface area contributed by atoms with E-state index in [-0.39, 0.29) is 0 Å². The number of aromatic nitrogens is 1. The number of nitrogens with one attached hydrogen (secondary N) is 1. The van der Waals surface area contributed by atoms with Gasteiger partial charge >= 0.3 is 0 Å². The molecule has 17 heavy (non-hydrogen) atoms. The first kappa shape index (κ1) is 10.9. The minimum absolute atomic E-state index is 0.598. The molecule has 0 aromatic carbocycles. The molecule has 1 aromatic heterocycles. The smallest absolute Gasteiger partial charge is 0.168 e. The van der Waals surface area contributed by atoms with Gasteiger partial charge in [0.25, 0.3) is 0 Å². The van der Waals surface area contributed by atoms with Crippen LogP contribution in [0, 0.1) is 11.3 Å². The number of ether oxygens (including phenoxy) is 1. The largest absolute Gasteiger partial charge is 0.490 e. The molecule has 2 fully saturated rings. The molecule has 2 aliphatic carbocycles. The SMILES string of the molecule is CCOc1cccnc1NCC1(C2CC2)CC1. The second-order valence-electron chi connectivity index (χ2n) is 5.27. The van der Waals surface area contributed by atoms with E-state index in [4.69, 9.17) is 4.74 Å². The number of nitrogens with zero attached hydrogens (tertiary/aromatic N) is 1. The highest BCUT2D eigenvalue weighted by Crippen LogP contribution is 2.61. The van der Waals surface area contributed by atoms with Gasteiger partial charge in [-0.05, 0) is 56.1 Å². The average molecular weight is 232 g/mol. The van der Waals surface area contributed by atoms with E-state index in [0.717, 1.165) is 24.0 Å². The van der Waals surface area contributed by atoms with E-state index >= 15 is 0 Å². The first-order valence-electron chi connectivity index (χ1n) is 6.66. The number of anilines is 1. The van der Waals surface area contributed by atoms with Crippen molar-refractivity contribution in [2.75, 3.05) is 18.5 Å². The van der Waals surface area contributed by atoms with Gasteiger partial charge in [-0.25, -0.2) is 4.98 Å². The van der Waals surface area contributed by atoms with Gasteiger partial charge in [0.05, 0.1) is 6.61 Å². The van der Waals surface area contributed by atoms with Gasteiger partial charge in [-0.2, -0.15) is 0 Å². The van der Waals surface area contributed by atoms with Gasteiger partial charge in [0.15, 0.2) is 11.6 Å². The fourth-order valence-corrected chi connectivity index (χ4v) is 2.64. The maximum Gasteiger partial charge on any atom is 0.168 e. The summed E-state index contributed by atoms with van der Waals surface area (Å²) in [6.07, 6.45) is 7.47. The zero-order chi connectivity index (χ0) is 11.7. The molecule has 3 heteroatoms. The molecule has 3 nitrogen and oxygen atoms in total. The highest BCUT2D eigenvalue weighted by atomic mass is 16.5. The third-order valence-corrected chi connectivity index (χ3v) is 4.01. The Morgan fingerprint density at radius 2 is 2.29 bits per heavy atom. The van der Waals surface area contributed by atoms with Crippen molar-refractivity contribution in [3.8, 4) is 5.75 Å². The van der Waals surface area contributed by atoms with Crippen molar-refractivity contribution < 1.29 is 4.74 Å². The van der Waals surface area contributed by atoms with Crippen LogP contribution in [0.4, 0.5) is 5.82 Å². The first-order chi connectivity index (χ1) is 8.34. The van der Waals surface area contributed by atoms with Crippen molar-refractivity contribution >= 4 is 5.82 Å². The van der Waals surface area contributed by atoms with E-state index in [9.17, 15) is 0 Å². The predicted molar refractivity (Wildman–Crippen MR) is 68.3 cm³/mol. The Morgan fingerprint density at radius 3 is 2.94 bits per heavy atom.